The van der Waals surface area contributed by atoms with E-state index in [-0.39, 0.29) is 17.7 Å². The number of hydrogen-bond donors (Lipinski definition) is 0. The SMILES string of the molecule is CC1(C)Cc2c(S(=O)(=O)C(F)(F)F)ccc(I)c2O1. The Morgan fingerprint density at radius 2 is 1.89 bits per heavy atom. The van der Waals surface area contributed by atoms with E-state index in [2.05, 4.69) is 0 Å². The molecule has 2 rings (SSSR count). The smallest absolute Gasteiger partial charge is 0.486 e. The van der Waals surface area contributed by atoms with Gasteiger partial charge in [-0.05, 0) is 48.6 Å². The van der Waals surface area contributed by atoms with Gasteiger partial charge in [-0.1, -0.05) is 0 Å². The summed E-state index contributed by atoms with van der Waals surface area (Å²) in [6.07, 6.45) is 0.129. The van der Waals surface area contributed by atoms with Crippen molar-refractivity contribution < 1.29 is 26.3 Å². The lowest BCUT2D eigenvalue weighted by Gasteiger charge is -2.17. The number of benzene rings is 1. The molecule has 19 heavy (non-hydrogen) atoms. The minimum atomic E-state index is -5.35. The third kappa shape index (κ3) is 2.44. The molecule has 0 unspecified atom stereocenters. The molecule has 0 atom stereocenters. The zero-order valence-electron chi connectivity index (χ0n) is 10.0. The Hall–Kier alpha value is -0.510. The molecule has 1 aliphatic heterocycles. The Bertz CT molecular complexity index is 635. The largest absolute Gasteiger partial charge is 0.501 e. The highest BCUT2D eigenvalue weighted by Crippen LogP contribution is 2.44. The van der Waals surface area contributed by atoms with Crippen LogP contribution in [-0.4, -0.2) is 19.5 Å². The van der Waals surface area contributed by atoms with Crippen LogP contribution in [0.5, 0.6) is 5.75 Å². The molecule has 3 nitrogen and oxygen atoms in total. The molecule has 0 N–H and O–H groups in total. The minimum absolute atomic E-state index is 0.106. The summed E-state index contributed by atoms with van der Waals surface area (Å²) in [5, 5.41) is 0. The van der Waals surface area contributed by atoms with Crippen LogP contribution in [0.25, 0.3) is 0 Å². The third-order valence-corrected chi connectivity index (χ3v) is 5.16. The van der Waals surface area contributed by atoms with Crippen molar-refractivity contribution >= 4 is 32.4 Å². The lowest BCUT2D eigenvalue weighted by Crippen LogP contribution is -2.26. The number of sulfone groups is 1. The molecule has 0 radical (unpaired) electrons. The fourth-order valence-corrected chi connectivity index (χ4v) is 3.57. The third-order valence-electron chi connectivity index (χ3n) is 2.74. The quantitative estimate of drug-likeness (QED) is 0.673. The Kier molecular flexibility index (Phi) is 3.32. The van der Waals surface area contributed by atoms with Crippen LogP contribution in [0.1, 0.15) is 19.4 Å². The summed E-state index contributed by atoms with van der Waals surface area (Å²) in [4.78, 5) is -0.707. The average molecular weight is 406 g/mol. The molecule has 0 spiro atoms. The van der Waals surface area contributed by atoms with Crippen LogP contribution in [0, 0.1) is 3.57 Å². The predicted molar refractivity (Wildman–Crippen MR) is 70.8 cm³/mol. The molecular weight excluding hydrogens is 396 g/mol. The maximum Gasteiger partial charge on any atom is 0.501 e. The molecule has 8 heteroatoms. The van der Waals surface area contributed by atoms with E-state index in [0.717, 1.165) is 6.07 Å². The van der Waals surface area contributed by atoms with Crippen LogP contribution in [-0.2, 0) is 16.3 Å². The number of fused-ring (bicyclic) bond motifs is 1. The minimum Gasteiger partial charge on any atom is -0.486 e. The van der Waals surface area contributed by atoms with Crippen LogP contribution in [0.15, 0.2) is 17.0 Å². The van der Waals surface area contributed by atoms with Gasteiger partial charge in [0.05, 0.1) is 8.47 Å². The lowest BCUT2D eigenvalue weighted by molar-refractivity contribution is -0.0436. The highest BCUT2D eigenvalue weighted by Gasteiger charge is 2.49. The van der Waals surface area contributed by atoms with Crippen LogP contribution in [0.4, 0.5) is 13.2 Å². The predicted octanol–water partition coefficient (Wildman–Crippen LogP) is 3.30. The molecule has 0 saturated carbocycles. The fraction of sp³-hybridized carbons (Fsp3) is 0.455. The van der Waals surface area contributed by atoms with Gasteiger partial charge >= 0.3 is 5.51 Å². The number of halogens is 4. The van der Waals surface area contributed by atoms with Crippen molar-refractivity contribution in [2.45, 2.75) is 36.3 Å². The van der Waals surface area contributed by atoms with Gasteiger partial charge < -0.3 is 4.74 Å². The van der Waals surface area contributed by atoms with Crippen molar-refractivity contribution in [3.63, 3.8) is 0 Å². The second kappa shape index (κ2) is 4.24. The molecular formula is C11H10F3IO3S. The van der Waals surface area contributed by atoms with Gasteiger partial charge in [-0.25, -0.2) is 8.42 Å². The van der Waals surface area contributed by atoms with Gasteiger partial charge in [0.1, 0.15) is 11.4 Å². The first-order chi connectivity index (χ1) is 8.46. The summed E-state index contributed by atoms with van der Waals surface area (Å²) < 4.78 is 67.2. The van der Waals surface area contributed by atoms with Crippen LogP contribution >= 0.6 is 22.6 Å². The number of rotatable bonds is 1. The Balaban J connectivity index is 2.69. The van der Waals surface area contributed by atoms with Gasteiger partial charge in [0.25, 0.3) is 9.84 Å². The highest BCUT2D eigenvalue weighted by atomic mass is 127. The Morgan fingerprint density at radius 3 is 2.42 bits per heavy atom. The van der Waals surface area contributed by atoms with Gasteiger partial charge in [-0.15, -0.1) is 0 Å². The van der Waals surface area contributed by atoms with Crippen LogP contribution in [0.3, 0.4) is 0 Å². The average Bonchev–Trinajstić information content (AvgIpc) is 2.52. The zero-order chi connectivity index (χ0) is 14.6. The maximum atomic E-state index is 12.7. The lowest BCUT2D eigenvalue weighted by atomic mass is 10.0. The van der Waals surface area contributed by atoms with Gasteiger partial charge in [-0.2, -0.15) is 13.2 Å². The van der Waals surface area contributed by atoms with Crippen molar-refractivity contribution in [3.05, 3.63) is 21.3 Å². The monoisotopic (exact) mass is 406 g/mol. The van der Waals surface area contributed by atoms with E-state index in [0.29, 0.717) is 3.57 Å². The first-order valence-corrected chi connectivity index (χ1v) is 7.84. The summed E-state index contributed by atoms with van der Waals surface area (Å²) in [7, 11) is -5.35. The van der Waals surface area contributed by atoms with E-state index in [9.17, 15) is 21.6 Å². The normalized spacial score (nSPS) is 18.0. The highest BCUT2D eigenvalue weighted by molar-refractivity contribution is 14.1. The summed E-state index contributed by atoms with van der Waals surface area (Å²) in [5.41, 5.74) is -5.91. The van der Waals surface area contributed by atoms with E-state index in [1.807, 2.05) is 22.6 Å². The fourth-order valence-electron chi connectivity index (χ4n) is 1.97. The number of ether oxygens (including phenoxy) is 1. The van der Waals surface area contributed by atoms with Crippen molar-refractivity contribution in [2.75, 3.05) is 0 Å². The standard InChI is InChI=1S/C11H10F3IO3S/c1-10(2)5-6-8(19(16,17)11(12,13)14)4-3-7(15)9(6)18-10/h3-4H,5H2,1-2H3. The van der Waals surface area contributed by atoms with E-state index in [4.69, 9.17) is 4.74 Å². The van der Waals surface area contributed by atoms with Crippen molar-refractivity contribution in [3.8, 4) is 5.75 Å². The van der Waals surface area contributed by atoms with E-state index in [1.165, 1.54) is 6.07 Å². The molecule has 1 aromatic carbocycles. The molecule has 0 bridgehead atoms. The van der Waals surface area contributed by atoms with Crippen LogP contribution < -0.4 is 4.74 Å². The maximum absolute atomic E-state index is 12.7. The molecule has 1 heterocycles. The van der Waals surface area contributed by atoms with Gasteiger partial charge in [0, 0.05) is 12.0 Å². The molecule has 1 aromatic rings. The summed E-state index contributed by atoms with van der Waals surface area (Å²) in [5.74, 6) is 0.232. The second-order valence-electron chi connectivity index (χ2n) is 4.84. The molecule has 0 fully saturated rings. The van der Waals surface area contributed by atoms with Crippen molar-refractivity contribution in [1.82, 2.24) is 0 Å². The molecule has 0 amide bonds. The van der Waals surface area contributed by atoms with Gasteiger partial charge in [0.2, 0.25) is 0 Å². The van der Waals surface area contributed by atoms with Crippen LogP contribution in [0.2, 0.25) is 0 Å². The van der Waals surface area contributed by atoms with Gasteiger partial charge in [0.15, 0.2) is 0 Å². The zero-order valence-corrected chi connectivity index (χ0v) is 13.0. The van der Waals surface area contributed by atoms with Gasteiger partial charge in [-0.3, -0.25) is 0 Å². The first kappa shape index (κ1) is 14.9. The molecule has 0 aliphatic carbocycles. The summed E-state index contributed by atoms with van der Waals surface area (Å²) in [6.45, 7) is 3.40. The molecule has 0 aromatic heterocycles. The summed E-state index contributed by atoms with van der Waals surface area (Å²) in [6, 6.07) is 2.31. The Morgan fingerprint density at radius 1 is 1.32 bits per heavy atom. The van der Waals surface area contributed by atoms with E-state index in [1.54, 1.807) is 13.8 Å². The molecule has 106 valence electrons. The molecule has 1 aliphatic rings. The first-order valence-electron chi connectivity index (χ1n) is 5.27. The van der Waals surface area contributed by atoms with E-state index >= 15 is 0 Å². The Labute approximate surface area is 122 Å². The second-order valence-corrected chi connectivity index (χ2v) is 7.91. The topological polar surface area (TPSA) is 43.4 Å². The van der Waals surface area contributed by atoms with E-state index < -0.39 is 25.8 Å². The number of alkyl halides is 3. The van der Waals surface area contributed by atoms with Crippen molar-refractivity contribution in [1.29, 1.82) is 0 Å². The number of hydrogen-bond acceptors (Lipinski definition) is 3. The molecule has 0 saturated heterocycles. The van der Waals surface area contributed by atoms with Crippen molar-refractivity contribution in [2.24, 2.45) is 0 Å². The summed E-state index contributed by atoms with van der Waals surface area (Å²) >= 11 is 1.91.